The lowest BCUT2D eigenvalue weighted by Gasteiger charge is -2.25. The highest BCUT2D eigenvalue weighted by Gasteiger charge is 2.26. The average Bonchev–Trinajstić information content (AvgIpc) is 3.46. The summed E-state index contributed by atoms with van der Waals surface area (Å²) in [5.41, 5.74) is 1.48. The van der Waals surface area contributed by atoms with E-state index >= 15 is 0 Å². The van der Waals surface area contributed by atoms with Gasteiger partial charge in [0, 0.05) is 21.8 Å². The summed E-state index contributed by atoms with van der Waals surface area (Å²) in [6.45, 7) is 1.86. The summed E-state index contributed by atoms with van der Waals surface area (Å²) in [5, 5.41) is 13.0. The van der Waals surface area contributed by atoms with Crippen LogP contribution in [0, 0.1) is 0 Å². The highest BCUT2D eigenvalue weighted by atomic mass is 35.5. The van der Waals surface area contributed by atoms with Crippen LogP contribution in [0.15, 0.2) is 53.4 Å². The van der Waals surface area contributed by atoms with Crippen LogP contribution in [0.3, 0.4) is 0 Å². The topological polar surface area (TPSA) is 78.4 Å². The van der Waals surface area contributed by atoms with Crippen molar-refractivity contribution in [2.75, 3.05) is 10.7 Å². The molecule has 5 nitrogen and oxygen atoms in total. The Bertz CT molecular complexity index is 837. The van der Waals surface area contributed by atoms with Gasteiger partial charge in [-0.05, 0) is 49.6 Å². The lowest BCUT2D eigenvalue weighted by Crippen LogP contribution is -2.29. The van der Waals surface area contributed by atoms with Crippen LogP contribution in [0.25, 0.3) is 0 Å². The predicted molar refractivity (Wildman–Crippen MR) is 106 cm³/mol. The van der Waals surface area contributed by atoms with Crippen molar-refractivity contribution in [2.45, 2.75) is 36.6 Å². The molecule has 0 radical (unpaired) electrons. The lowest BCUT2D eigenvalue weighted by atomic mass is 10.00. The molecule has 7 heteroatoms. The van der Waals surface area contributed by atoms with Gasteiger partial charge in [0.15, 0.2) is 0 Å². The molecule has 1 aliphatic rings. The smallest absolute Gasteiger partial charge is 0.227 e. The molecule has 26 heavy (non-hydrogen) atoms. The number of hydrogen-bond acceptors (Lipinski definition) is 3. The number of rotatable bonds is 7. The molecule has 140 valence electrons. The number of nitrogens with one attached hydrogen (secondary N) is 2. The summed E-state index contributed by atoms with van der Waals surface area (Å²) in [4.78, 5) is 12.6. The quantitative estimate of drug-likeness (QED) is 0.545. The van der Waals surface area contributed by atoms with Gasteiger partial charge in [-0.15, -0.1) is 0 Å². The SMILES string of the molecule is C[C@@H](C(=O)NC1CC1)c1ccc(N[SH](=O)(CO)c2ccccc2Cl)cc1. The summed E-state index contributed by atoms with van der Waals surface area (Å²) in [7, 11) is -3.29. The van der Waals surface area contributed by atoms with Crippen LogP contribution in [0.4, 0.5) is 5.69 Å². The van der Waals surface area contributed by atoms with Gasteiger partial charge in [-0.2, -0.15) is 0 Å². The monoisotopic (exact) mass is 394 g/mol. The van der Waals surface area contributed by atoms with E-state index < -0.39 is 16.1 Å². The summed E-state index contributed by atoms with van der Waals surface area (Å²) < 4.78 is 16.0. The molecule has 0 aromatic heterocycles. The standard InChI is InChI=1S/C19H23ClN2O3S/c1-13(19(24)21-15-10-11-15)14-6-8-16(9-7-14)22-26(25,12-23)18-5-3-2-4-17(18)20/h2-9,13,15,23,26H,10-12H2,1H3,(H,21,24)(H,22,25)/t13-/m1/s1. The molecule has 0 unspecified atom stereocenters. The van der Waals surface area contributed by atoms with E-state index in [-0.39, 0.29) is 11.8 Å². The first-order valence-corrected chi connectivity index (χ1v) is 10.8. The van der Waals surface area contributed by atoms with Crippen LogP contribution >= 0.6 is 11.6 Å². The Labute approximate surface area is 159 Å². The third-order valence-corrected chi connectivity index (χ3v) is 7.13. The first-order valence-electron chi connectivity index (χ1n) is 8.56. The highest BCUT2D eigenvalue weighted by Crippen LogP contribution is 2.29. The fourth-order valence-corrected chi connectivity index (χ4v) is 4.88. The third-order valence-electron chi connectivity index (χ3n) is 4.48. The first kappa shape index (κ1) is 18.9. The van der Waals surface area contributed by atoms with Crippen molar-refractivity contribution >= 4 is 33.3 Å². The molecule has 0 bridgehead atoms. The molecule has 2 aromatic carbocycles. The number of hydrogen-bond donors (Lipinski definition) is 4. The van der Waals surface area contributed by atoms with Crippen LogP contribution in [-0.4, -0.2) is 27.2 Å². The summed E-state index contributed by atoms with van der Waals surface area (Å²) in [6, 6.07) is 14.3. The summed E-state index contributed by atoms with van der Waals surface area (Å²) in [5.74, 6) is -0.776. The minimum atomic E-state index is -3.29. The molecule has 1 fully saturated rings. The van der Waals surface area contributed by atoms with Gasteiger partial charge in [-0.3, -0.25) is 9.00 Å². The Morgan fingerprint density at radius 2 is 1.88 bits per heavy atom. The molecule has 1 amide bonds. The van der Waals surface area contributed by atoms with E-state index in [1.54, 1.807) is 36.4 Å². The number of thiol groups is 1. The molecule has 3 rings (SSSR count). The largest absolute Gasteiger partial charge is 0.383 e. The number of halogens is 1. The third kappa shape index (κ3) is 4.26. The van der Waals surface area contributed by atoms with Crippen LogP contribution in [0.5, 0.6) is 0 Å². The van der Waals surface area contributed by atoms with Crippen LogP contribution in [-0.2, 0) is 14.9 Å². The van der Waals surface area contributed by atoms with Crippen molar-refractivity contribution in [3.05, 3.63) is 59.1 Å². The Kier molecular flexibility index (Phi) is 5.65. The summed E-state index contributed by atoms with van der Waals surface area (Å²) >= 11 is 6.13. The van der Waals surface area contributed by atoms with Crippen LogP contribution in [0.1, 0.15) is 31.2 Å². The maximum absolute atomic E-state index is 13.1. The summed E-state index contributed by atoms with van der Waals surface area (Å²) in [6.07, 6.45) is 2.11. The van der Waals surface area contributed by atoms with Crippen molar-refractivity contribution in [1.82, 2.24) is 5.32 Å². The fraction of sp³-hybridized carbons (Fsp3) is 0.316. The minimum absolute atomic E-state index is 0.0188. The average molecular weight is 395 g/mol. The molecule has 0 saturated heterocycles. The van der Waals surface area contributed by atoms with Gasteiger partial charge >= 0.3 is 0 Å². The van der Waals surface area contributed by atoms with Gasteiger partial charge in [-0.25, -0.2) is 0 Å². The molecule has 0 heterocycles. The number of aliphatic hydroxyl groups is 1. The lowest BCUT2D eigenvalue weighted by molar-refractivity contribution is -0.122. The van der Waals surface area contributed by atoms with Gasteiger partial charge in [0.1, 0.15) is 5.94 Å². The molecular formula is C19H23ClN2O3S. The second-order valence-corrected chi connectivity index (χ2v) is 9.45. The van der Waals surface area contributed by atoms with E-state index in [0.29, 0.717) is 21.6 Å². The van der Waals surface area contributed by atoms with Gasteiger partial charge in [0.05, 0.1) is 15.8 Å². The van der Waals surface area contributed by atoms with Crippen molar-refractivity contribution in [2.24, 2.45) is 0 Å². The Morgan fingerprint density at radius 3 is 2.46 bits per heavy atom. The second-order valence-electron chi connectivity index (χ2n) is 6.57. The molecule has 1 atom stereocenters. The zero-order valence-electron chi connectivity index (χ0n) is 14.5. The number of benzene rings is 2. The van der Waals surface area contributed by atoms with Crippen LogP contribution in [0.2, 0.25) is 5.02 Å². The molecule has 2 aromatic rings. The Balaban J connectivity index is 1.74. The van der Waals surface area contributed by atoms with E-state index in [0.717, 1.165) is 18.4 Å². The first-order chi connectivity index (χ1) is 12.4. The van der Waals surface area contributed by atoms with Crippen molar-refractivity contribution in [3.63, 3.8) is 0 Å². The number of anilines is 1. The van der Waals surface area contributed by atoms with E-state index in [1.165, 1.54) is 0 Å². The highest BCUT2D eigenvalue weighted by molar-refractivity contribution is 8.04. The molecule has 0 spiro atoms. The Hall–Kier alpha value is -1.89. The van der Waals surface area contributed by atoms with Crippen molar-refractivity contribution in [3.8, 4) is 0 Å². The number of aliphatic hydroxyl groups excluding tert-OH is 1. The fourth-order valence-electron chi connectivity index (χ4n) is 2.68. The van der Waals surface area contributed by atoms with Crippen molar-refractivity contribution in [1.29, 1.82) is 0 Å². The van der Waals surface area contributed by atoms with Gasteiger partial charge in [0.25, 0.3) is 0 Å². The zero-order valence-corrected chi connectivity index (χ0v) is 16.1. The van der Waals surface area contributed by atoms with Gasteiger partial charge in [-0.1, -0.05) is 35.9 Å². The zero-order chi connectivity index (χ0) is 18.7. The maximum Gasteiger partial charge on any atom is 0.227 e. The molecule has 0 aliphatic heterocycles. The predicted octanol–water partition coefficient (Wildman–Crippen LogP) is 3.07. The molecular weight excluding hydrogens is 372 g/mol. The second kappa shape index (κ2) is 7.78. The van der Waals surface area contributed by atoms with E-state index in [4.69, 9.17) is 11.6 Å². The normalized spacial score (nSPS) is 16.0. The van der Waals surface area contributed by atoms with Crippen molar-refractivity contribution < 1.29 is 14.1 Å². The maximum atomic E-state index is 13.1. The number of carbonyl (C=O) groups is 1. The van der Waals surface area contributed by atoms with E-state index in [1.807, 2.05) is 19.1 Å². The van der Waals surface area contributed by atoms with Gasteiger partial charge < -0.3 is 15.1 Å². The van der Waals surface area contributed by atoms with Crippen LogP contribution < -0.4 is 10.0 Å². The van der Waals surface area contributed by atoms with Gasteiger partial charge in [0.2, 0.25) is 5.91 Å². The molecule has 3 N–H and O–H groups in total. The number of amides is 1. The number of carbonyl (C=O) groups excluding carboxylic acids is 1. The minimum Gasteiger partial charge on any atom is -0.383 e. The molecule has 1 saturated carbocycles. The molecule has 1 aliphatic carbocycles. The Morgan fingerprint density at radius 1 is 1.23 bits per heavy atom. The van der Waals surface area contributed by atoms with E-state index in [9.17, 15) is 14.1 Å². The van der Waals surface area contributed by atoms with E-state index in [2.05, 4.69) is 10.0 Å².